The van der Waals surface area contributed by atoms with Gasteiger partial charge in [-0.1, -0.05) is 30.3 Å². The van der Waals surface area contributed by atoms with E-state index in [4.69, 9.17) is 4.74 Å². The maximum atomic E-state index is 12.0. The van der Waals surface area contributed by atoms with Gasteiger partial charge in [0.05, 0.1) is 7.11 Å². The van der Waals surface area contributed by atoms with Crippen molar-refractivity contribution in [3.63, 3.8) is 0 Å². The first-order chi connectivity index (χ1) is 11.4. The molecule has 0 fully saturated rings. The molecule has 128 valence electrons. The number of benzene rings is 2. The lowest BCUT2D eigenvalue weighted by molar-refractivity contribution is 0.254. The zero-order chi connectivity index (χ0) is 17.3. The predicted octanol–water partition coefficient (Wildman–Crippen LogP) is 2.87. The van der Waals surface area contributed by atoms with Crippen LogP contribution in [0.4, 0.5) is 0 Å². The number of fused-ring (bicyclic) bond motifs is 1. The van der Waals surface area contributed by atoms with Crippen LogP contribution >= 0.6 is 0 Å². The molecular weight excluding hydrogens is 322 g/mol. The standard InChI is InChI=1S/C19H23NO3S/c1-20-10-9-15-13-19(24(3,21)22)18(23-2)12-16(15)11-17(20)14-7-5-4-6-8-14/h4-8,12-13,17H,9-11H2,1-3H3. The third kappa shape index (κ3) is 3.32. The summed E-state index contributed by atoms with van der Waals surface area (Å²) in [6.07, 6.45) is 2.91. The Morgan fingerprint density at radius 3 is 2.46 bits per heavy atom. The van der Waals surface area contributed by atoms with Gasteiger partial charge in [-0.2, -0.15) is 0 Å². The summed E-state index contributed by atoms with van der Waals surface area (Å²) in [7, 11) is 0.336. The minimum atomic E-state index is -3.31. The highest BCUT2D eigenvalue weighted by molar-refractivity contribution is 7.90. The zero-order valence-electron chi connectivity index (χ0n) is 14.3. The Bertz CT molecular complexity index is 831. The molecule has 0 aliphatic carbocycles. The number of methoxy groups -OCH3 is 1. The fourth-order valence-electron chi connectivity index (χ4n) is 3.38. The smallest absolute Gasteiger partial charge is 0.179 e. The van der Waals surface area contributed by atoms with Gasteiger partial charge < -0.3 is 4.74 Å². The van der Waals surface area contributed by atoms with Gasteiger partial charge in [-0.25, -0.2) is 8.42 Å². The molecule has 3 rings (SSSR count). The summed E-state index contributed by atoms with van der Waals surface area (Å²) >= 11 is 0. The van der Waals surface area contributed by atoms with Gasteiger partial charge in [0, 0.05) is 18.8 Å². The molecule has 1 atom stereocenters. The molecule has 5 heteroatoms. The SMILES string of the molecule is COc1cc2c(cc1S(C)(=O)=O)CCN(C)C(c1ccccc1)C2. The number of hydrogen-bond donors (Lipinski definition) is 0. The van der Waals surface area contributed by atoms with Crippen LogP contribution in [0.3, 0.4) is 0 Å². The highest BCUT2D eigenvalue weighted by Gasteiger charge is 2.25. The number of sulfone groups is 1. The van der Waals surface area contributed by atoms with Crippen molar-refractivity contribution in [3.05, 3.63) is 59.2 Å². The normalized spacial score (nSPS) is 18.7. The van der Waals surface area contributed by atoms with E-state index >= 15 is 0 Å². The summed E-state index contributed by atoms with van der Waals surface area (Å²) in [5, 5.41) is 0. The second kappa shape index (κ2) is 6.57. The first-order valence-corrected chi connectivity index (χ1v) is 9.94. The number of likely N-dealkylation sites (N-methyl/N-ethyl adjacent to an activating group) is 1. The Labute approximate surface area is 144 Å². The van der Waals surface area contributed by atoms with Gasteiger partial charge >= 0.3 is 0 Å². The summed E-state index contributed by atoms with van der Waals surface area (Å²) in [4.78, 5) is 2.62. The first-order valence-electron chi connectivity index (χ1n) is 8.05. The highest BCUT2D eigenvalue weighted by atomic mass is 32.2. The van der Waals surface area contributed by atoms with Gasteiger partial charge in [0.2, 0.25) is 0 Å². The van der Waals surface area contributed by atoms with E-state index < -0.39 is 9.84 Å². The lowest BCUT2D eigenvalue weighted by atomic mass is 9.96. The lowest BCUT2D eigenvalue weighted by Crippen LogP contribution is -2.26. The quantitative estimate of drug-likeness (QED) is 0.858. The summed E-state index contributed by atoms with van der Waals surface area (Å²) in [5.74, 6) is 0.438. The molecule has 2 aromatic rings. The molecule has 4 nitrogen and oxygen atoms in total. The van der Waals surface area contributed by atoms with E-state index in [1.165, 1.54) is 18.9 Å². The molecule has 24 heavy (non-hydrogen) atoms. The predicted molar refractivity (Wildman–Crippen MR) is 95.3 cm³/mol. The Hall–Kier alpha value is -1.85. The van der Waals surface area contributed by atoms with Gasteiger partial charge in [0.15, 0.2) is 9.84 Å². The van der Waals surface area contributed by atoms with Gasteiger partial charge in [-0.05, 0) is 48.7 Å². The Morgan fingerprint density at radius 1 is 1.12 bits per heavy atom. The zero-order valence-corrected chi connectivity index (χ0v) is 15.1. The second-order valence-electron chi connectivity index (χ2n) is 6.41. The fourth-order valence-corrected chi connectivity index (χ4v) is 4.24. The van der Waals surface area contributed by atoms with Crippen molar-refractivity contribution in [1.82, 2.24) is 4.90 Å². The maximum absolute atomic E-state index is 12.0. The summed E-state index contributed by atoms with van der Waals surface area (Å²) in [5.41, 5.74) is 3.54. The van der Waals surface area contributed by atoms with Gasteiger partial charge in [-0.15, -0.1) is 0 Å². The van der Waals surface area contributed by atoms with Crippen LogP contribution in [0.2, 0.25) is 0 Å². The largest absolute Gasteiger partial charge is 0.495 e. The summed E-state index contributed by atoms with van der Waals surface area (Å²) < 4.78 is 29.4. The summed E-state index contributed by atoms with van der Waals surface area (Å²) in [6.45, 7) is 0.891. The molecule has 0 amide bonds. The van der Waals surface area contributed by atoms with Crippen LogP contribution in [-0.4, -0.2) is 40.3 Å². The van der Waals surface area contributed by atoms with E-state index in [0.717, 1.165) is 30.5 Å². The van der Waals surface area contributed by atoms with Crippen molar-refractivity contribution in [1.29, 1.82) is 0 Å². The van der Waals surface area contributed by atoms with Gasteiger partial charge in [-0.3, -0.25) is 4.90 Å². The van der Waals surface area contributed by atoms with Crippen LogP contribution < -0.4 is 4.74 Å². The van der Waals surface area contributed by atoms with E-state index in [1.54, 1.807) is 6.07 Å². The molecule has 0 saturated heterocycles. The molecular formula is C19H23NO3S. The third-order valence-electron chi connectivity index (χ3n) is 4.75. The maximum Gasteiger partial charge on any atom is 0.179 e. The van der Waals surface area contributed by atoms with Crippen LogP contribution in [-0.2, 0) is 22.7 Å². The van der Waals surface area contributed by atoms with Crippen LogP contribution in [0.15, 0.2) is 47.4 Å². The van der Waals surface area contributed by atoms with Crippen molar-refractivity contribution in [2.24, 2.45) is 0 Å². The molecule has 0 bridgehead atoms. The molecule has 0 radical (unpaired) electrons. The Morgan fingerprint density at radius 2 is 1.83 bits per heavy atom. The highest BCUT2D eigenvalue weighted by Crippen LogP contribution is 2.34. The molecule has 1 aliphatic heterocycles. The van der Waals surface area contributed by atoms with E-state index in [0.29, 0.717) is 5.75 Å². The molecule has 2 aromatic carbocycles. The van der Waals surface area contributed by atoms with Crippen molar-refractivity contribution < 1.29 is 13.2 Å². The molecule has 1 heterocycles. The van der Waals surface area contributed by atoms with Gasteiger partial charge in [0.25, 0.3) is 0 Å². The Kier molecular flexibility index (Phi) is 4.65. The number of hydrogen-bond acceptors (Lipinski definition) is 4. The fraction of sp³-hybridized carbons (Fsp3) is 0.368. The minimum absolute atomic E-state index is 0.279. The van der Waals surface area contributed by atoms with Gasteiger partial charge in [0.1, 0.15) is 10.6 Å². The van der Waals surface area contributed by atoms with E-state index in [1.807, 2.05) is 12.1 Å². The van der Waals surface area contributed by atoms with Crippen molar-refractivity contribution >= 4 is 9.84 Å². The van der Waals surface area contributed by atoms with Crippen LogP contribution in [0.25, 0.3) is 0 Å². The van der Waals surface area contributed by atoms with Crippen LogP contribution in [0.1, 0.15) is 22.7 Å². The summed E-state index contributed by atoms with van der Waals surface area (Å²) in [6, 6.07) is 14.4. The van der Waals surface area contributed by atoms with Crippen molar-refractivity contribution in [3.8, 4) is 5.75 Å². The monoisotopic (exact) mass is 345 g/mol. The average molecular weight is 345 g/mol. The second-order valence-corrected chi connectivity index (χ2v) is 8.39. The van der Waals surface area contributed by atoms with Crippen molar-refractivity contribution in [2.45, 2.75) is 23.8 Å². The molecule has 0 N–H and O–H groups in total. The van der Waals surface area contributed by atoms with Crippen LogP contribution in [0, 0.1) is 0 Å². The van der Waals surface area contributed by atoms with E-state index in [9.17, 15) is 8.42 Å². The molecule has 0 aromatic heterocycles. The van der Waals surface area contributed by atoms with Crippen LogP contribution in [0.5, 0.6) is 5.75 Å². The third-order valence-corrected chi connectivity index (χ3v) is 5.87. The number of nitrogens with zero attached hydrogens (tertiary/aromatic N) is 1. The minimum Gasteiger partial charge on any atom is -0.495 e. The Balaban J connectivity index is 2.06. The van der Waals surface area contributed by atoms with Crippen molar-refractivity contribution in [2.75, 3.05) is 27.0 Å². The van der Waals surface area contributed by atoms with E-state index in [-0.39, 0.29) is 10.9 Å². The molecule has 0 saturated carbocycles. The lowest BCUT2D eigenvalue weighted by Gasteiger charge is -2.26. The number of ether oxygens (including phenoxy) is 1. The topological polar surface area (TPSA) is 46.6 Å². The molecule has 1 unspecified atom stereocenters. The average Bonchev–Trinajstić information content (AvgIpc) is 2.72. The molecule has 1 aliphatic rings. The first kappa shape index (κ1) is 17.0. The molecule has 0 spiro atoms. The van der Waals surface area contributed by atoms with E-state index in [2.05, 4.69) is 36.2 Å². The number of rotatable bonds is 3.